The number of carbonyl (C=O) groups excluding carboxylic acids is 1. The Kier molecular flexibility index (Phi) is 2.52. The van der Waals surface area contributed by atoms with Crippen LogP contribution in [0.25, 0.3) is 6.08 Å². The molecule has 2 heterocycles. The molecular formula is C13H11NO2S. The number of allylic oxidation sites excluding steroid dienone is 1. The van der Waals surface area contributed by atoms with Crippen molar-refractivity contribution in [2.24, 2.45) is 0 Å². The van der Waals surface area contributed by atoms with Gasteiger partial charge in [0, 0.05) is 6.42 Å². The molecule has 3 nitrogen and oxygen atoms in total. The maximum atomic E-state index is 11.6. The van der Waals surface area contributed by atoms with E-state index >= 15 is 0 Å². The zero-order valence-electron chi connectivity index (χ0n) is 9.16. The fraction of sp³-hybridized carbons (Fsp3) is 0.231. The van der Waals surface area contributed by atoms with Crippen LogP contribution in [0.5, 0.6) is 5.75 Å². The highest BCUT2D eigenvalue weighted by molar-refractivity contribution is 8.18. The minimum absolute atomic E-state index is 0.0525. The van der Waals surface area contributed by atoms with Crippen LogP contribution in [0.4, 0.5) is 0 Å². The highest BCUT2D eigenvalue weighted by atomic mass is 32.2. The van der Waals surface area contributed by atoms with E-state index in [1.165, 1.54) is 17.3 Å². The minimum Gasteiger partial charge on any atom is -0.493 e. The van der Waals surface area contributed by atoms with Crippen molar-refractivity contribution in [3.05, 3.63) is 34.2 Å². The molecule has 1 fully saturated rings. The summed E-state index contributed by atoms with van der Waals surface area (Å²) in [6.07, 6.45) is 3.06. The van der Waals surface area contributed by atoms with E-state index in [9.17, 15) is 4.79 Å². The van der Waals surface area contributed by atoms with Crippen LogP contribution in [0.15, 0.2) is 23.1 Å². The van der Waals surface area contributed by atoms with Crippen LogP contribution in [0.1, 0.15) is 17.5 Å². The lowest BCUT2D eigenvalue weighted by molar-refractivity contribution is -0.113. The molecule has 0 spiro atoms. The summed E-state index contributed by atoms with van der Waals surface area (Å²) in [4.78, 5) is 12.2. The number of hydrogen-bond acceptors (Lipinski definition) is 4. The third-order valence-electron chi connectivity index (χ3n) is 2.84. The summed E-state index contributed by atoms with van der Waals surface area (Å²) >= 11 is 1.27. The number of fused-ring (bicyclic) bond motifs is 1. The SMILES string of the molecule is N=C1CC(=O)/C(=C/c2ccc3c(c2)CCO3)S1. The van der Waals surface area contributed by atoms with E-state index in [0.29, 0.717) is 9.95 Å². The molecule has 2 aliphatic rings. The molecule has 1 aromatic rings. The van der Waals surface area contributed by atoms with Gasteiger partial charge in [-0.1, -0.05) is 17.8 Å². The molecule has 0 aliphatic carbocycles. The van der Waals surface area contributed by atoms with E-state index in [1.807, 2.05) is 18.2 Å². The fourth-order valence-electron chi connectivity index (χ4n) is 2.02. The number of nitrogens with one attached hydrogen (secondary N) is 1. The Hall–Kier alpha value is -1.55. The first-order valence-corrected chi connectivity index (χ1v) is 6.30. The molecule has 0 saturated carbocycles. The topological polar surface area (TPSA) is 50.2 Å². The van der Waals surface area contributed by atoms with Crippen molar-refractivity contribution < 1.29 is 9.53 Å². The van der Waals surface area contributed by atoms with Crippen molar-refractivity contribution >= 4 is 28.7 Å². The van der Waals surface area contributed by atoms with Gasteiger partial charge in [-0.3, -0.25) is 10.2 Å². The normalized spacial score (nSPS) is 20.8. The maximum Gasteiger partial charge on any atom is 0.176 e. The molecule has 0 atom stereocenters. The highest BCUT2D eigenvalue weighted by Crippen LogP contribution is 2.32. The van der Waals surface area contributed by atoms with Crippen LogP contribution in [-0.2, 0) is 11.2 Å². The van der Waals surface area contributed by atoms with Crippen LogP contribution >= 0.6 is 11.8 Å². The summed E-state index contributed by atoms with van der Waals surface area (Å²) in [5.41, 5.74) is 2.21. The standard InChI is InChI=1S/C13H11NO2S/c14-13-7-10(15)12(17-13)6-8-1-2-11-9(5-8)3-4-16-11/h1-2,5-6,14H,3-4,7H2/b12-6-,14-13?. The number of Topliss-reactive ketones (excluding diaryl/α,β-unsaturated/α-hetero) is 1. The Labute approximate surface area is 103 Å². The van der Waals surface area contributed by atoms with Gasteiger partial charge in [-0.15, -0.1) is 0 Å². The smallest absolute Gasteiger partial charge is 0.176 e. The Morgan fingerprint density at radius 3 is 3.06 bits per heavy atom. The van der Waals surface area contributed by atoms with Crippen LogP contribution in [0.2, 0.25) is 0 Å². The Bertz CT molecular complexity index is 548. The number of benzene rings is 1. The van der Waals surface area contributed by atoms with Gasteiger partial charge < -0.3 is 4.74 Å². The third-order valence-corrected chi connectivity index (χ3v) is 3.80. The molecule has 17 heavy (non-hydrogen) atoms. The van der Waals surface area contributed by atoms with E-state index in [0.717, 1.165) is 24.3 Å². The quantitative estimate of drug-likeness (QED) is 0.774. The summed E-state index contributed by atoms with van der Waals surface area (Å²) in [6.45, 7) is 0.744. The summed E-state index contributed by atoms with van der Waals surface area (Å²) in [5, 5.41) is 7.91. The predicted octanol–water partition coefficient (Wildman–Crippen LogP) is 2.65. The summed E-state index contributed by atoms with van der Waals surface area (Å²) in [6, 6.07) is 5.96. The molecule has 0 aromatic heterocycles. The number of hydrogen-bond donors (Lipinski definition) is 1. The predicted molar refractivity (Wildman–Crippen MR) is 68.6 cm³/mol. The first kappa shape index (κ1) is 10.6. The number of rotatable bonds is 1. The van der Waals surface area contributed by atoms with Crippen LogP contribution in [-0.4, -0.2) is 17.4 Å². The van der Waals surface area contributed by atoms with Crippen molar-refractivity contribution in [1.82, 2.24) is 0 Å². The molecule has 0 amide bonds. The van der Waals surface area contributed by atoms with Crippen molar-refractivity contribution in [2.75, 3.05) is 6.61 Å². The molecule has 86 valence electrons. The number of thioether (sulfide) groups is 1. The second-order valence-electron chi connectivity index (χ2n) is 4.10. The number of ketones is 1. The lowest BCUT2D eigenvalue weighted by Gasteiger charge is -2.00. The average Bonchev–Trinajstić information content (AvgIpc) is 2.85. The minimum atomic E-state index is 0.0525. The van der Waals surface area contributed by atoms with Crippen LogP contribution in [0.3, 0.4) is 0 Å². The molecule has 1 saturated heterocycles. The maximum absolute atomic E-state index is 11.6. The van der Waals surface area contributed by atoms with Crippen LogP contribution < -0.4 is 4.74 Å². The molecule has 0 bridgehead atoms. The van der Waals surface area contributed by atoms with E-state index in [1.54, 1.807) is 0 Å². The van der Waals surface area contributed by atoms with E-state index in [-0.39, 0.29) is 12.2 Å². The molecule has 1 N–H and O–H groups in total. The van der Waals surface area contributed by atoms with Gasteiger partial charge in [-0.2, -0.15) is 0 Å². The fourth-order valence-corrected chi connectivity index (χ4v) is 2.87. The van der Waals surface area contributed by atoms with Gasteiger partial charge >= 0.3 is 0 Å². The van der Waals surface area contributed by atoms with Gasteiger partial charge in [-0.05, 0) is 29.3 Å². The molecule has 3 rings (SSSR count). The lowest BCUT2D eigenvalue weighted by Crippen LogP contribution is -1.91. The zero-order valence-corrected chi connectivity index (χ0v) is 9.97. The average molecular weight is 245 g/mol. The van der Waals surface area contributed by atoms with Crippen molar-refractivity contribution in [3.63, 3.8) is 0 Å². The third kappa shape index (κ3) is 2.00. The molecule has 0 radical (unpaired) electrons. The largest absolute Gasteiger partial charge is 0.493 e. The first-order chi connectivity index (χ1) is 8.22. The van der Waals surface area contributed by atoms with Gasteiger partial charge in [0.1, 0.15) is 5.75 Å². The highest BCUT2D eigenvalue weighted by Gasteiger charge is 2.23. The summed E-state index contributed by atoms with van der Waals surface area (Å²) in [7, 11) is 0. The van der Waals surface area contributed by atoms with Crippen molar-refractivity contribution in [1.29, 1.82) is 5.41 Å². The van der Waals surface area contributed by atoms with Crippen molar-refractivity contribution in [3.8, 4) is 5.75 Å². The Morgan fingerprint density at radius 1 is 1.41 bits per heavy atom. The monoisotopic (exact) mass is 245 g/mol. The summed E-state index contributed by atoms with van der Waals surface area (Å²) in [5.74, 6) is 1.00. The Balaban J connectivity index is 1.93. The molecule has 4 heteroatoms. The first-order valence-electron chi connectivity index (χ1n) is 5.48. The lowest BCUT2D eigenvalue weighted by atomic mass is 10.1. The number of ether oxygens (including phenoxy) is 1. The molecular weight excluding hydrogens is 234 g/mol. The van der Waals surface area contributed by atoms with Crippen molar-refractivity contribution in [2.45, 2.75) is 12.8 Å². The molecule has 2 aliphatic heterocycles. The second-order valence-corrected chi connectivity index (χ2v) is 5.24. The van der Waals surface area contributed by atoms with Gasteiger partial charge in [0.15, 0.2) is 5.78 Å². The summed E-state index contributed by atoms with van der Waals surface area (Å²) < 4.78 is 5.43. The van der Waals surface area contributed by atoms with Gasteiger partial charge in [0.05, 0.1) is 23.0 Å². The zero-order chi connectivity index (χ0) is 11.8. The van der Waals surface area contributed by atoms with Crippen LogP contribution in [0, 0.1) is 5.41 Å². The molecule has 1 aromatic carbocycles. The second kappa shape index (κ2) is 4.04. The number of carbonyl (C=O) groups is 1. The van der Waals surface area contributed by atoms with Gasteiger partial charge in [-0.25, -0.2) is 0 Å². The van der Waals surface area contributed by atoms with E-state index in [2.05, 4.69) is 6.07 Å². The molecule has 0 unspecified atom stereocenters. The Morgan fingerprint density at radius 2 is 2.29 bits per heavy atom. The van der Waals surface area contributed by atoms with Gasteiger partial charge in [0.2, 0.25) is 0 Å². The van der Waals surface area contributed by atoms with E-state index in [4.69, 9.17) is 10.1 Å². The van der Waals surface area contributed by atoms with E-state index < -0.39 is 0 Å². The van der Waals surface area contributed by atoms with Gasteiger partial charge in [0.25, 0.3) is 0 Å².